The molecule has 10 nitrogen and oxygen atoms in total. The van der Waals surface area contributed by atoms with Crippen molar-refractivity contribution in [1.82, 2.24) is 19.0 Å². The lowest BCUT2D eigenvalue weighted by atomic mass is 10.1. The molecule has 2 heterocycles. The van der Waals surface area contributed by atoms with Gasteiger partial charge < -0.3 is 19.5 Å². The number of ether oxygens (including phenoxy) is 1. The summed E-state index contributed by atoms with van der Waals surface area (Å²) in [6, 6.07) is 4.79. The lowest BCUT2D eigenvalue weighted by Gasteiger charge is -2.20. The minimum atomic E-state index is -4.50. The van der Waals surface area contributed by atoms with E-state index < -0.39 is 48.0 Å². The number of nitrogens with zero attached hydrogens (tertiary/aromatic N) is 4. The fourth-order valence-electron chi connectivity index (χ4n) is 4.18. The number of amides is 2. The summed E-state index contributed by atoms with van der Waals surface area (Å²) in [5.41, 5.74) is -1.86. The number of aryl methyl sites for hydroxylation is 1. The van der Waals surface area contributed by atoms with Crippen LogP contribution in [0.1, 0.15) is 57.8 Å². The van der Waals surface area contributed by atoms with Gasteiger partial charge in [0.25, 0.3) is 5.56 Å². The van der Waals surface area contributed by atoms with E-state index in [-0.39, 0.29) is 47.0 Å². The van der Waals surface area contributed by atoms with Gasteiger partial charge in [0.2, 0.25) is 11.8 Å². The Hall–Kier alpha value is -4.49. The molecule has 1 aromatic carbocycles. The van der Waals surface area contributed by atoms with E-state index in [1.807, 2.05) is 0 Å². The average molecular weight is 622 g/mol. The smallest absolute Gasteiger partial charge is 0.420 e. The highest BCUT2D eigenvalue weighted by molar-refractivity contribution is 5.91. The van der Waals surface area contributed by atoms with Gasteiger partial charge in [0.1, 0.15) is 22.9 Å². The number of carbonyl (C=O) groups excluding carboxylic acids is 3. The zero-order chi connectivity index (χ0) is 32.8. The number of halogens is 4. The molecule has 0 saturated heterocycles. The molecule has 3 aromatic rings. The number of likely N-dealkylation sites (N-methyl/N-ethyl adjacent to an activating group) is 1. The van der Waals surface area contributed by atoms with Gasteiger partial charge in [-0.05, 0) is 69.9 Å². The molecule has 238 valence electrons. The number of rotatable bonds is 10. The summed E-state index contributed by atoms with van der Waals surface area (Å²) in [6.07, 6.45) is -1.85. The van der Waals surface area contributed by atoms with Crippen molar-refractivity contribution in [3.8, 4) is 0 Å². The number of alkyl halides is 3. The summed E-state index contributed by atoms with van der Waals surface area (Å²) >= 11 is 0. The van der Waals surface area contributed by atoms with Crippen molar-refractivity contribution in [3.05, 3.63) is 70.2 Å². The summed E-state index contributed by atoms with van der Waals surface area (Å²) in [5.74, 6) is -1.56. The molecule has 2 amide bonds. The second kappa shape index (κ2) is 13.9. The molecule has 0 aliphatic rings. The molecule has 1 N–H and O–H groups in total. The summed E-state index contributed by atoms with van der Waals surface area (Å²) in [5, 5.41) is 2.55. The maximum Gasteiger partial charge on any atom is 0.420 e. The first kappa shape index (κ1) is 34.0. The fraction of sp³-hybridized carbons (Fsp3) is 0.433. The second-order valence-corrected chi connectivity index (χ2v) is 11.3. The first-order valence-corrected chi connectivity index (χ1v) is 13.8. The van der Waals surface area contributed by atoms with Crippen molar-refractivity contribution in [2.75, 3.05) is 19.4 Å². The third kappa shape index (κ3) is 9.51. The highest BCUT2D eigenvalue weighted by Crippen LogP contribution is 2.28. The number of carbonyl (C=O) groups is 3. The predicted molar refractivity (Wildman–Crippen MR) is 156 cm³/mol. The van der Waals surface area contributed by atoms with Crippen molar-refractivity contribution < 1.29 is 36.7 Å². The highest BCUT2D eigenvalue weighted by atomic mass is 19.4. The highest BCUT2D eigenvalue weighted by Gasteiger charge is 2.29. The maximum absolute atomic E-state index is 14.6. The van der Waals surface area contributed by atoms with Gasteiger partial charge in [-0.2, -0.15) is 13.2 Å². The van der Waals surface area contributed by atoms with E-state index in [0.29, 0.717) is 12.8 Å². The Labute approximate surface area is 251 Å². The maximum atomic E-state index is 14.6. The molecule has 0 aliphatic carbocycles. The lowest BCUT2D eigenvalue weighted by molar-refractivity contribution is -0.134. The number of pyridine rings is 1. The Morgan fingerprint density at radius 3 is 2.48 bits per heavy atom. The Balaban J connectivity index is 1.91. The standard InChI is InChI=1S/C30H35F4N5O5/c1-29(2,3)44-28(43)39-22-17-20(31)16-19(13-14-30(32,33)34)26(22)36-23(39)18-38-15-9-10-21(27(38)42)35-24(40)11-7-6-8-12-25(41)37(4)5/h8-10,12,15-17H,6-7,11,13-14,18H2,1-5H3,(H,35,40)/b12-8+. The van der Waals surface area contributed by atoms with E-state index in [9.17, 15) is 36.7 Å². The van der Waals surface area contributed by atoms with Crippen molar-refractivity contribution in [1.29, 1.82) is 0 Å². The molecule has 2 aromatic heterocycles. The molecular formula is C30H35F4N5O5. The molecule has 0 aliphatic heterocycles. The quantitative estimate of drug-likeness (QED) is 0.184. The fourth-order valence-corrected chi connectivity index (χ4v) is 4.18. The van der Waals surface area contributed by atoms with Gasteiger partial charge in [0, 0.05) is 39.2 Å². The Bertz CT molecular complexity index is 1620. The van der Waals surface area contributed by atoms with Gasteiger partial charge in [-0.25, -0.2) is 18.7 Å². The summed E-state index contributed by atoms with van der Waals surface area (Å²) in [4.78, 5) is 56.3. The number of fused-ring (bicyclic) bond motifs is 1. The topological polar surface area (TPSA) is 116 Å². The number of benzene rings is 1. The van der Waals surface area contributed by atoms with E-state index in [4.69, 9.17) is 4.74 Å². The third-order valence-electron chi connectivity index (χ3n) is 6.21. The number of nitrogens with one attached hydrogen (secondary N) is 1. The van der Waals surface area contributed by atoms with Crippen LogP contribution in [0, 0.1) is 5.82 Å². The van der Waals surface area contributed by atoms with Gasteiger partial charge in [-0.1, -0.05) is 6.08 Å². The molecule has 0 saturated carbocycles. The Kier molecular flexibility index (Phi) is 10.7. The number of hydrogen-bond donors (Lipinski definition) is 1. The van der Waals surface area contributed by atoms with Crippen molar-refractivity contribution in [2.24, 2.45) is 0 Å². The molecule has 0 fully saturated rings. The molecular weight excluding hydrogens is 586 g/mol. The molecule has 0 spiro atoms. The van der Waals surface area contributed by atoms with Crippen molar-refractivity contribution in [2.45, 2.75) is 71.2 Å². The second-order valence-electron chi connectivity index (χ2n) is 11.3. The van der Waals surface area contributed by atoms with Crippen LogP contribution in [0.4, 0.5) is 28.0 Å². The van der Waals surface area contributed by atoms with Crippen LogP contribution in [-0.2, 0) is 27.3 Å². The molecule has 0 atom stereocenters. The van der Waals surface area contributed by atoms with Crippen LogP contribution in [0.5, 0.6) is 0 Å². The minimum absolute atomic E-state index is 0.0321. The zero-order valence-electron chi connectivity index (χ0n) is 25.1. The van der Waals surface area contributed by atoms with Gasteiger partial charge in [-0.15, -0.1) is 0 Å². The zero-order valence-corrected chi connectivity index (χ0v) is 25.1. The molecule has 0 unspecified atom stereocenters. The monoisotopic (exact) mass is 621 g/mol. The van der Waals surface area contributed by atoms with E-state index in [1.54, 1.807) is 40.9 Å². The van der Waals surface area contributed by atoms with E-state index >= 15 is 0 Å². The van der Waals surface area contributed by atoms with Crippen LogP contribution in [0.3, 0.4) is 0 Å². The Morgan fingerprint density at radius 2 is 1.84 bits per heavy atom. The average Bonchev–Trinajstić information content (AvgIpc) is 3.25. The number of imidazole rings is 1. The van der Waals surface area contributed by atoms with Crippen LogP contribution in [0.2, 0.25) is 0 Å². The van der Waals surface area contributed by atoms with E-state index in [1.165, 1.54) is 29.3 Å². The lowest BCUT2D eigenvalue weighted by Crippen LogP contribution is -2.30. The minimum Gasteiger partial charge on any atom is -0.443 e. The van der Waals surface area contributed by atoms with Crippen molar-refractivity contribution in [3.63, 3.8) is 0 Å². The largest absolute Gasteiger partial charge is 0.443 e. The number of allylic oxidation sites excluding steroid dienone is 1. The first-order valence-electron chi connectivity index (χ1n) is 13.8. The summed E-state index contributed by atoms with van der Waals surface area (Å²) in [6.45, 7) is 4.47. The normalized spacial score (nSPS) is 12.1. The van der Waals surface area contributed by atoms with Crippen LogP contribution in [0.15, 0.2) is 47.4 Å². The molecule has 14 heteroatoms. The SMILES string of the molecule is CN(C)C(=O)/C=C/CCCC(=O)Nc1cccn(Cc2nc3c(CCC(F)(F)F)cc(F)cc3n2C(=O)OC(C)(C)C)c1=O. The Morgan fingerprint density at radius 1 is 1.14 bits per heavy atom. The van der Waals surface area contributed by atoms with Crippen LogP contribution < -0.4 is 10.9 Å². The van der Waals surface area contributed by atoms with Crippen LogP contribution >= 0.6 is 0 Å². The summed E-state index contributed by atoms with van der Waals surface area (Å²) < 4.78 is 61.1. The molecule has 44 heavy (non-hydrogen) atoms. The van der Waals surface area contributed by atoms with Gasteiger partial charge in [0.05, 0.1) is 17.6 Å². The van der Waals surface area contributed by atoms with Crippen LogP contribution in [0.25, 0.3) is 11.0 Å². The first-order chi connectivity index (χ1) is 20.4. The predicted octanol–water partition coefficient (Wildman–Crippen LogP) is 5.42. The molecule has 3 rings (SSSR count). The van der Waals surface area contributed by atoms with E-state index in [0.717, 1.165) is 21.3 Å². The third-order valence-corrected chi connectivity index (χ3v) is 6.21. The van der Waals surface area contributed by atoms with Gasteiger partial charge in [0.15, 0.2) is 0 Å². The van der Waals surface area contributed by atoms with E-state index in [2.05, 4.69) is 10.3 Å². The number of aromatic nitrogens is 3. The number of hydrogen-bond acceptors (Lipinski definition) is 6. The number of unbranched alkanes of at least 4 members (excludes halogenated alkanes) is 1. The molecule has 0 radical (unpaired) electrons. The summed E-state index contributed by atoms with van der Waals surface area (Å²) in [7, 11) is 3.24. The van der Waals surface area contributed by atoms with Crippen LogP contribution in [-0.4, -0.2) is 62.8 Å². The van der Waals surface area contributed by atoms with Gasteiger partial charge in [-0.3, -0.25) is 14.4 Å². The van der Waals surface area contributed by atoms with Crippen molar-refractivity contribution >= 4 is 34.6 Å². The van der Waals surface area contributed by atoms with Gasteiger partial charge >= 0.3 is 12.3 Å². The number of anilines is 1. The molecule has 0 bridgehead atoms.